The van der Waals surface area contributed by atoms with E-state index in [2.05, 4.69) is 20.6 Å². The number of hydrogen-bond donors (Lipinski definition) is 2. The van der Waals surface area contributed by atoms with Gasteiger partial charge in [-0.2, -0.15) is 0 Å². The highest BCUT2D eigenvalue weighted by Crippen LogP contribution is 2.24. The normalized spacial score (nSPS) is 10.5. The summed E-state index contributed by atoms with van der Waals surface area (Å²) in [4.78, 5) is 27.8. The molecule has 0 aliphatic heterocycles. The molecule has 2 rings (SSSR count). The molecular formula is C17H15Cl2N3O3. The molecule has 0 unspecified atom stereocenters. The van der Waals surface area contributed by atoms with E-state index < -0.39 is 6.09 Å². The molecule has 6 nitrogen and oxygen atoms in total. The van der Waals surface area contributed by atoms with Crippen LogP contribution in [0.1, 0.15) is 5.56 Å². The summed E-state index contributed by atoms with van der Waals surface area (Å²) in [5.41, 5.74) is 1.33. The lowest BCUT2D eigenvalue weighted by atomic mass is 10.1. The molecule has 25 heavy (non-hydrogen) atoms. The first kappa shape index (κ1) is 18.8. The Labute approximate surface area is 154 Å². The van der Waals surface area contributed by atoms with Crippen LogP contribution in [0.15, 0.2) is 53.7 Å². The molecule has 2 aromatic rings. The number of amides is 2. The standard InChI is InChI=1S/C17H15Cl2N3O3/c18-14-7-6-13(11-15(14)19)22-17(24)25-21-9-8-20-16(23)10-12-4-2-1-3-5-12/h1-7,9,11H,8,10H2,(H,20,23)(H,22,24). The lowest BCUT2D eigenvalue weighted by Gasteiger charge is -2.04. The fourth-order valence-electron chi connectivity index (χ4n) is 1.84. The third-order valence-electron chi connectivity index (χ3n) is 2.97. The van der Waals surface area contributed by atoms with Crippen LogP contribution in [-0.2, 0) is 16.1 Å². The Morgan fingerprint density at radius 2 is 1.84 bits per heavy atom. The van der Waals surface area contributed by atoms with Crippen LogP contribution in [0.25, 0.3) is 0 Å². The summed E-state index contributed by atoms with van der Waals surface area (Å²) < 4.78 is 0. The number of nitrogens with one attached hydrogen (secondary N) is 2. The summed E-state index contributed by atoms with van der Waals surface area (Å²) in [5, 5.41) is 9.24. The molecule has 130 valence electrons. The number of anilines is 1. The van der Waals surface area contributed by atoms with Gasteiger partial charge in [-0.1, -0.05) is 58.7 Å². The van der Waals surface area contributed by atoms with Crippen LogP contribution in [0.2, 0.25) is 10.0 Å². The summed E-state index contributed by atoms with van der Waals surface area (Å²) in [6.45, 7) is 0.145. The first-order chi connectivity index (χ1) is 12.0. The van der Waals surface area contributed by atoms with Gasteiger partial charge in [0.15, 0.2) is 0 Å². The van der Waals surface area contributed by atoms with Crippen LogP contribution in [0.3, 0.4) is 0 Å². The van der Waals surface area contributed by atoms with Gasteiger partial charge >= 0.3 is 6.09 Å². The average Bonchev–Trinajstić information content (AvgIpc) is 2.59. The number of carbonyl (C=O) groups excluding carboxylic acids is 2. The average molecular weight is 380 g/mol. The first-order valence-electron chi connectivity index (χ1n) is 7.30. The van der Waals surface area contributed by atoms with Crippen molar-refractivity contribution in [2.24, 2.45) is 5.16 Å². The summed E-state index contributed by atoms with van der Waals surface area (Å²) in [5.74, 6) is -0.155. The third-order valence-corrected chi connectivity index (χ3v) is 3.71. The monoisotopic (exact) mass is 379 g/mol. The molecule has 0 atom stereocenters. The summed E-state index contributed by atoms with van der Waals surface area (Å²) in [7, 11) is 0. The van der Waals surface area contributed by atoms with Crippen molar-refractivity contribution in [1.82, 2.24) is 5.32 Å². The number of hydrogen-bond acceptors (Lipinski definition) is 4. The molecule has 0 radical (unpaired) electrons. The van der Waals surface area contributed by atoms with E-state index in [0.29, 0.717) is 15.7 Å². The van der Waals surface area contributed by atoms with Crippen molar-refractivity contribution >= 4 is 47.1 Å². The van der Waals surface area contributed by atoms with Crippen molar-refractivity contribution in [3.8, 4) is 0 Å². The van der Waals surface area contributed by atoms with Gasteiger partial charge in [-0.25, -0.2) is 4.79 Å². The van der Waals surface area contributed by atoms with Gasteiger partial charge < -0.3 is 5.32 Å². The Hall–Kier alpha value is -2.57. The van der Waals surface area contributed by atoms with Crippen LogP contribution >= 0.6 is 23.2 Å². The van der Waals surface area contributed by atoms with Gasteiger partial charge in [0.05, 0.1) is 29.2 Å². The van der Waals surface area contributed by atoms with Crippen molar-refractivity contribution in [3.05, 3.63) is 64.1 Å². The lowest BCUT2D eigenvalue weighted by molar-refractivity contribution is -0.120. The van der Waals surface area contributed by atoms with E-state index in [1.54, 1.807) is 12.1 Å². The number of oxime groups is 1. The van der Waals surface area contributed by atoms with E-state index in [-0.39, 0.29) is 18.9 Å². The zero-order chi connectivity index (χ0) is 18.1. The van der Waals surface area contributed by atoms with Crippen molar-refractivity contribution in [2.75, 3.05) is 11.9 Å². The second-order valence-electron chi connectivity index (χ2n) is 4.89. The molecule has 0 heterocycles. The maximum Gasteiger partial charge on any atom is 0.437 e. The van der Waals surface area contributed by atoms with E-state index in [1.165, 1.54) is 12.3 Å². The lowest BCUT2D eigenvalue weighted by Crippen LogP contribution is -2.26. The van der Waals surface area contributed by atoms with Crippen molar-refractivity contribution in [2.45, 2.75) is 6.42 Å². The van der Waals surface area contributed by atoms with Crippen molar-refractivity contribution in [1.29, 1.82) is 0 Å². The number of benzene rings is 2. The Bertz CT molecular complexity index is 767. The first-order valence-corrected chi connectivity index (χ1v) is 8.05. The number of halogens is 2. The quantitative estimate of drug-likeness (QED) is 0.453. The van der Waals surface area contributed by atoms with Gasteiger partial charge in [0.1, 0.15) is 0 Å². The highest BCUT2D eigenvalue weighted by Gasteiger charge is 2.05. The van der Waals surface area contributed by atoms with E-state index >= 15 is 0 Å². The number of rotatable bonds is 6. The third kappa shape index (κ3) is 6.82. The second kappa shape index (κ2) is 9.66. The van der Waals surface area contributed by atoms with Gasteiger partial charge in [-0.15, -0.1) is 0 Å². The maximum atomic E-state index is 11.7. The highest BCUT2D eigenvalue weighted by molar-refractivity contribution is 6.42. The Kier molecular flexibility index (Phi) is 7.25. The predicted octanol–water partition coefficient (Wildman–Crippen LogP) is 3.89. The van der Waals surface area contributed by atoms with Crippen LogP contribution in [0.4, 0.5) is 10.5 Å². The molecule has 0 fully saturated rings. The van der Waals surface area contributed by atoms with Gasteiger partial charge in [-0.05, 0) is 23.8 Å². The molecule has 0 aromatic heterocycles. The molecule has 2 aromatic carbocycles. The summed E-state index contributed by atoms with van der Waals surface area (Å²) >= 11 is 11.6. The summed E-state index contributed by atoms with van der Waals surface area (Å²) in [6, 6.07) is 13.9. The molecule has 2 N–H and O–H groups in total. The molecule has 0 aliphatic rings. The zero-order valence-corrected chi connectivity index (χ0v) is 14.6. The molecule has 0 aliphatic carbocycles. The van der Waals surface area contributed by atoms with E-state index in [4.69, 9.17) is 23.2 Å². The number of nitrogens with zero attached hydrogens (tertiary/aromatic N) is 1. The molecule has 8 heteroatoms. The SMILES string of the molecule is O=C(Cc1ccccc1)NCC=NOC(=O)Nc1ccc(Cl)c(Cl)c1. The Morgan fingerprint density at radius 3 is 2.56 bits per heavy atom. The second-order valence-corrected chi connectivity index (χ2v) is 5.70. The van der Waals surface area contributed by atoms with E-state index in [1.807, 2.05) is 30.3 Å². The van der Waals surface area contributed by atoms with Gasteiger partial charge in [0.2, 0.25) is 5.91 Å². The van der Waals surface area contributed by atoms with Gasteiger partial charge in [0.25, 0.3) is 0 Å². The minimum absolute atomic E-state index is 0.145. The largest absolute Gasteiger partial charge is 0.437 e. The maximum absolute atomic E-state index is 11.7. The molecule has 0 bridgehead atoms. The zero-order valence-electron chi connectivity index (χ0n) is 13.0. The van der Waals surface area contributed by atoms with Crippen LogP contribution < -0.4 is 10.6 Å². The fourth-order valence-corrected chi connectivity index (χ4v) is 2.14. The van der Waals surface area contributed by atoms with Crippen LogP contribution in [0.5, 0.6) is 0 Å². The topological polar surface area (TPSA) is 79.8 Å². The van der Waals surface area contributed by atoms with E-state index in [0.717, 1.165) is 5.56 Å². The van der Waals surface area contributed by atoms with Crippen LogP contribution in [0, 0.1) is 0 Å². The fraction of sp³-hybridized carbons (Fsp3) is 0.118. The van der Waals surface area contributed by atoms with Gasteiger partial charge in [0, 0.05) is 5.69 Å². The molecule has 0 saturated carbocycles. The van der Waals surface area contributed by atoms with Crippen molar-refractivity contribution in [3.63, 3.8) is 0 Å². The summed E-state index contributed by atoms with van der Waals surface area (Å²) in [6.07, 6.45) is 0.759. The van der Waals surface area contributed by atoms with Crippen molar-refractivity contribution < 1.29 is 14.4 Å². The Balaban J connectivity index is 1.67. The minimum atomic E-state index is -0.787. The molecular weight excluding hydrogens is 365 g/mol. The minimum Gasteiger partial charge on any atom is -0.351 e. The van der Waals surface area contributed by atoms with Crippen LogP contribution in [-0.4, -0.2) is 24.8 Å². The highest BCUT2D eigenvalue weighted by atomic mass is 35.5. The van der Waals surface area contributed by atoms with Gasteiger partial charge in [-0.3, -0.25) is 14.9 Å². The Morgan fingerprint density at radius 1 is 1.08 bits per heavy atom. The number of carbonyl (C=O) groups is 2. The molecule has 2 amide bonds. The molecule has 0 saturated heterocycles. The predicted molar refractivity (Wildman–Crippen MR) is 98.2 cm³/mol. The molecule has 0 spiro atoms. The van der Waals surface area contributed by atoms with E-state index in [9.17, 15) is 9.59 Å². The smallest absolute Gasteiger partial charge is 0.351 e.